The van der Waals surface area contributed by atoms with Crippen LogP contribution in [0.5, 0.6) is 0 Å². The molecule has 0 bridgehead atoms. The van der Waals surface area contributed by atoms with Gasteiger partial charge in [0.05, 0.1) is 12.8 Å². The first-order valence-electron chi connectivity index (χ1n) is 6.46. The lowest BCUT2D eigenvalue weighted by Crippen LogP contribution is -2.41. The van der Waals surface area contributed by atoms with Crippen LogP contribution in [0.2, 0.25) is 0 Å². The number of carbonyl (C=O) groups excluding carboxylic acids is 1. The third-order valence-electron chi connectivity index (χ3n) is 3.39. The third-order valence-corrected chi connectivity index (χ3v) is 3.39. The Morgan fingerprint density at radius 3 is 3.05 bits per heavy atom. The molecular weight excluding hydrogens is 240 g/mol. The fourth-order valence-electron chi connectivity index (χ4n) is 2.43. The lowest BCUT2D eigenvalue weighted by atomic mass is 9.94. The van der Waals surface area contributed by atoms with E-state index in [0.29, 0.717) is 6.54 Å². The van der Waals surface area contributed by atoms with Crippen molar-refractivity contribution in [2.45, 2.75) is 19.0 Å². The van der Waals surface area contributed by atoms with Gasteiger partial charge in [-0.1, -0.05) is 24.3 Å². The molecule has 2 N–H and O–H groups in total. The van der Waals surface area contributed by atoms with E-state index in [1.807, 2.05) is 30.3 Å². The zero-order chi connectivity index (χ0) is 13.1. The zero-order valence-electron chi connectivity index (χ0n) is 10.6. The summed E-state index contributed by atoms with van der Waals surface area (Å²) in [5.41, 5.74) is 2.32. The van der Waals surface area contributed by atoms with E-state index < -0.39 is 0 Å². The number of benzene rings is 1. The third kappa shape index (κ3) is 2.53. The molecule has 1 unspecified atom stereocenters. The molecule has 1 amide bonds. The van der Waals surface area contributed by atoms with Crippen molar-refractivity contribution < 1.29 is 9.21 Å². The van der Waals surface area contributed by atoms with Gasteiger partial charge in [-0.2, -0.15) is 0 Å². The average molecular weight is 256 g/mol. The molecule has 1 aliphatic heterocycles. The van der Waals surface area contributed by atoms with Gasteiger partial charge in [0.25, 0.3) is 0 Å². The van der Waals surface area contributed by atoms with E-state index in [0.717, 1.165) is 24.3 Å². The number of carbonyl (C=O) groups is 1. The largest absolute Gasteiger partial charge is 0.467 e. The number of amides is 1. The smallest absolute Gasteiger partial charge is 0.242 e. The van der Waals surface area contributed by atoms with Crippen molar-refractivity contribution in [3.8, 4) is 0 Å². The Hall–Kier alpha value is -2.07. The molecule has 0 saturated heterocycles. The molecule has 2 aromatic rings. The van der Waals surface area contributed by atoms with Crippen LogP contribution in [0.4, 0.5) is 0 Å². The summed E-state index contributed by atoms with van der Waals surface area (Å²) >= 11 is 0. The molecule has 1 aliphatic rings. The number of furan rings is 1. The van der Waals surface area contributed by atoms with E-state index in [1.54, 1.807) is 6.26 Å². The molecule has 1 atom stereocenters. The molecule has 1 aromatic carbocycles. The summed E-state index contributed by atoms with van der Waals surface area (Å²) in [6.07, 6.45) is 2.58. The van der Waals surface area contributed by atoms with Crippen molar-refractivity contribution in [3.05, 3.63) is 59.5 Å². The van der Waals surface area contributed by atoms with Gasteiger partial charge < -0.3 is 15.1 Å². The van der Waals surface area contributed by atoms with Crippen LogP contribution in [0.25, 0.3) is 0 Å². The number of rotatable bonds is 3. The lowest BCUT2D eigenvalue weighted by Gasteiger charge is -2.25. The SMILES string of the molecule is O=C(NCc1ccco1)C1NCCc2ccccc21. The van der Waals surface area contributed by atoms with Crippen LogP contribution in [0.15, 0.2) is 47.1 Å². The second-order valence-corrected chi connectivity index (χ2v) is 4.63. The second kappa shape index (κ2) is 5.28. The maximum absolute atomic E-state index is 12.2. The zero-order valence-corrected chi connectivity index (χ0v) is 10.6. The first-order chi connectivity index (χ1) is 9.34. The van der Waals surface area contributed by atoms with Crippen LogP contribution in [0, 0.1) is 0 Å². The van der Waals surface area contributed by atoms with Crippen LogP contribution in [0.3, 0.4) is 0 Å². The van der Waals surface area contributed by atoms with Gasteiger partial charge in [-0.15, -0.1) is 0 Å². The standard InChI is InChI=1S/C15H16N2O2/c18-15(17-10-12-5-3-9-19-12)14-13-6-2-1-4-11(13)7-8-16-14/h1-6,9,14,16H,7-8,10H2,(H,17,18). The van der Waals surface area contributed by atoms with Crippen LogP contribution >= 0.6 is 0 Å². The van der Waals surface area contributed by atoms with E-state index in [4.69, 9.17) is 4.42 Å². The van der Waals surface area contributed by atoms with Crippen molar-refractivity contribution in [2.75, 3.05) is 6.54 Å². The highest BCUT2D eigenvalue weighted by Gasteiger charge is 2.25. The molecular formula is C15H16N2O2. The topological polar surface area (TPSA) is 54.3 Å². The molecule has 0 radical (unpaired) electrons. The van der Waals surface area contributed by atoms with Gasteiger partial charge in [-0.05, 0) is 29.7 Å². The normalized spacial score (nSPS) is 17.8. The van der Waals surface area contributed by atoms with Gasteiger partial charge in [0.1, 0.15) is 11.8 Å². The quantitative estimate of drug-likeness (QED) is 0.880. The average Bonchev–Trinajstić information content (AvgIpc) is 2.97. The minimum absolute atomic E-state index is 0.0106. The first kappa shape index (κ1) is 12.0. The van der Waals surface area contributed by atoms with Crippen molar-refractivity contribution in [3.63, 3.8) is 0 Å². The van der Waals surface area contributed by atoms with Gasteiger partial charge in [0.2, 0.25) is 5.91 Å². The highest BCUT2D eigenvalue weighted by atomic mass is 16.3. The van der Waals surface area contributed by atoms with Crippen LogP contribution in [-0.2, 0) is 17.8 Å². The minimum Gasteiger partial charge on any atom is -0.467 e. The van der Waals surface area contributed by atoms with E-state index in [2.05, 4.69) is 16.7 Å². The molecule has 0 aliphatic carbocycles. The lowest BCUT2D eigenvalue weighted by molar-refractivity contribution is -0.123. The summed E-state index contributed by atoms with van der Waals surface area (Å²) in [5.74, 6) is 0.751. The molecule has 4 heteroatoms. The molecule has 3 rings (SSSR count). The number of hydrogen-bond donors (Lipinski definition) is 2. The van der Waals surface area contributed by atoms with Crippen LogP contribution in [0.1, 0.15) is 22.9 Å². The fraction of sp³-hybridized carbons (Fsp3) is 0.267. The summed E-state index contributed by atoms with van der Waals surface area (Å²) < 4.78 is 5.21. The van der Waals surface area contributed by atoms with Gasteiger partial charge in [0, 0.05) is 6.54 Å². The molecule has 2 heterocycles. The predicted octanol–water partition coefficient (Wildman–Crippen LogP) is 1.78. The number of fused-ring (bicyclic) bond motifs is 1. The Balaban J connectivity index is 1.71. The molecule has 4 nitrogen and oxygen atoms in total. The Morgan fingerprint density at radius 2 is 2.21 bits per heavy atom. The molecule has 0 saturated carbocycles. The van der Waals surface area contributed by atoms with Crippen molar-refractivity contribution in [1.82, 2.24) is 10.6 Å². The van der Waals surface area contributed by atoms with Gasteiger partial charge >= 0.3 is 0 Å². The van der Waals surface area contributed by atoms with Crippen molar-refractivity contribution in [2.24, 2.45) is 0 Å². The monoisotopic (exact) mass is 256 g/mol. The van der Waals surface area contributed by atoms with Crippen molar-refractivity contribution >= 4 is 5.91 Å². The maximum Gasteiger partial charge on any atom is 0.242 e. The van der Waals surface area contributed by atoms with E-state index in [9.17, 15) is 4.79 Å². The number of nitrogens with one attached hydrogen (secondary N) is 2. The Kier molecular flexibility index (Phi) is 3.33. The highest BCUT2D eigenvalue weighted by Crippen LogP contribution is 2.22. The van der Waals surface area contributed by atoms with Gasteiger partial charge in [0.15, 0.2) is 0 Å². The maximum atomic E-state index is 12.2. The Bertz CT molecular complexity index is 563. The summed E-state index contributed by atoms with van der Waals surface area (Å²) in [4.78, 5) is 12.2. The molecule has 1 aromatic heterocycles. The summed E-state index contributed by atoms with van der Waals surface area (Å²) in [6, 6.07) is 11.5. The summed E-state index contributed by atoms with van der Waals surface area (Å²) in [6.45, 7) is 1.25. The molecule has 0 spiro atoms. The Morgan fingerprint density at radius 1 is 1.32 bits per heavy atom. The van der Waals surface area contributed by atoms with E-state index in [-0.39, 0.29) is 11.9 Å². The fourth-order valence-corrected chi connectivity index (χ4v) is 2.43. The van der Waals surface area contributed by atoms with Gasteiger partial charge in [-0.3, -0.25) is 4.79 Å². The van der Waals surface area contributed by atoms with Gasteiger partial charge in [-0.25, -0.2) is 0 Å². The predicted molar refractivity (Wildman–Crippen MR) is 71.4 cm³/mol. The first-order valence-corrected chi connectivity index (χ1v) is 6.46. The molecule has 19 heavy (non-hydrogen) atoms. The van der Waals surface area contributed by atoms with Crippen LogP contribution < -0.4 is 10.6 Å². The van der Waals surface area contributed by atoms with E-state index >= 15 is 0 Å². The number of hydrogen-bond acceptors (Lipinski definition) is 3. The Labute approximate surface area is 111 Å². The second-order valence-electron chi connectivity index (χ2n) is 4.63. The molecule has 0 fully saturated rings. The summed E-state index contributed by atoms with van der Waals surface area (Å²) in [5, 5.41) is 6.16. The van der Waals surface area contributed by atoms with Crippen molar-refractivity contribution in [1.29, 1.82) is 0 Å². The highest BCUT2D eigenvalue weighted by molar-refractivity contribution is 5.83. The van der Waals surface area contributed by atoms with Crippen LogP contribution in [-0.4, -0.2) is 12.5 Å². The summed E-state index contributed by atoms with van der Waals surface area (Å²) in [7, 11) is 0. The van der Waals surface area contributed by atoms with E-state index in [1.165, 1.54) is 5.56 Å². The minimum atomic E-state index is -0.264. The molecule has 98 valence electrons.